The molecular formula is C15H22BrN3O. The van der Waals surface area contributed by atoms with Gasteiger partial charge in [0, 0.05) is 22.7 Å². The fourth-order valence-corrected chi connectivity index (χ4v) is 3.76. The molecular weight excluding hydrogens is 318 g/mol. The highest BCUT2D eigenvalue weighted by molar-refractivity contribution is 9.10. The molecule has 0 heterocycles. The van der Waals surface area contributed by atoms with Gasteiger partial charge >= 0.3 is 0 Å². The van der Waals surface area contributed by atoms with E-state index >= 15 is 0 Å². The molecule has 20 heavy (non-hydrogen) atoms. The summed E-state index contributed by atoms with van der Waals surface area (Å²) in [6.45, 7) is 3.83. The van der Waals surface area contributed by atoms with E-state index < -0.39 is 5.91 Å². The molecule has 0 saturated heterocycles. The predicted octanol–water partition coefficient (Wildman–Crippen LogP) is 2.50. The van der Waals surface area contributed by atoms with Crippen molar-refractivity contribution in [2.45, 2.75) is 32.2 Å². The average molecular weight is 340 g/mol. The van der Waals surface area contributed by atoms with E-state index in [2.05, 4.69) is 27.8 Å². The molecule has 0 bridgehead atoms. The summed E-state index contributed by atoms with van der Waals surface area (Å²) < 4.78 is 0.753. The van der Waals surface area contributed by atoms with Gasteiger partial charge in [0.1, 0.15) is 0 Å². The summed E-state index contributed by atoms with van der Waals surface area (Å²) in [5.41, 5.74) is 12.9. The Morgan fingerprint density at radius 1 is 1.45 bits per heavy atom. The van der Waals surface area contributed by atoms with Crippen LogP contribution in [-0.4, -0.2) is 25.0 Å². The largest absolute Gasteiger partial charge is 0.368 e. The van der Waals surface area contributed by atoms with Crippen LogP contribution in [-0.2, 0) is 0 Å². The molecule has 4 nitrogen and oxygen atoms in total. The van der Waals surface area contributed by atoms with E-state index in [4.69, 9.17) is 11.5 Å². The number of benzene rings is 1. The van der Waals surface area contributed by atoms with Gasteiger partial charge < -0.3 is 16.4 Å². The maximum absolute atomic E-state index is 11.3. The van der Waals surface area contributed by atoms with Crippen molar-refractivity contribution < 1.29 is 4.79 Å². The number of amides is 1. The maximum Gasteiger partial charge on any atom is 0.249 e. The maximum atomic E-state index is 11.3. The fourth-order valence-electron chi connectivity index (χ4n) is 3.19. The molecule has 110 valence electrons. The summed E-state index contributed by atoms with van der Waals surface area (Å²) in [5.74, 6) is 0.150. The molecule has 1 aromatic carbocycles. The third kappa shape index (κ3) is 2.99. The molecule has 1 amide bonds. The average Bonchev–Trinajstić information content (AvgIpc) is 2.87. The van der Waals surface area contributed by atoms with Gasteiger partial charge in [0.05, 0.1) is 5.56 Å². The highest BCUT2D eigenvalue weighted by Crippen LogP contribution is 2.34. The van der Waals surface area contributed by atoms with Crippen molar-refractivity contribution in [1.29, 1.82) is 0 Å². The molecule has 0 spiro atoms. The van der Waals surface area contributed by atoms with Crippen LogP contribution >= 0.6 is 15.9 Å². The molecule has 5 heteroatoms. The number of nitrogens with zero attached hydrogens (tertiary/aromatic N) is 1. The van der Waals surface area contributed by atoms with Crippen LogP contribution in [0.5, 0.6) is 0 Å². The number of carbonyl (C=O) groups is 1. The highest BCUT2D eigenvalue weighted by atomic mass is 79.9. The molecule has 1 aliphatic carbocycles. The number of hydrogen-bond acceptors (Lipinski definition) is 3. The Bertz CT molecular complexity index is 492. The van der Waals surface area contributed by atoms with E-state index in [0.717, 1.165) is 23.2 Å². The van der Waals surface area contributed by atoms with Crippen LogP contribution < -0.4 is 16.4 Å². The van der Waals surface area contributed by atoms with Crippen molar-refractivity contribution in [3.63, 3.8) is 0 Å². The molecule has 0 radical (unpaired) electrons. The lowest BCUT2D eigenvalue weighted by Gasteiger charge is -2.34. The first-order chi connectivity index (χ1) is 9.58. The number of primary amides is 1. The van der Waals surface area contributed by atoms with Gasteiger partial charge in [-0.15, -0.1) is 0 Å². The lowest BCUT2D eigenvalue weighted by molar-refractivity contribution is 0.0999. The molecule has 0 aliphatic heterocycles. The second kappa shape index (κ2) is 6.59. The first-order valence-electron chi connectivity index (χ1n) is 7.14. The molecule has 1 fully saturated rings. The Morgan fingerprint density at radius 2 is 2.20 bits per heavy atom. The molecule has 1 saturated carbocycles. The van der Waals surface area contributed by atoms with E-state index in [1.165, 1.54) is 19.3 Å². The summed E-state index contributed by atoms with van der Waals surface area (Å²) in [4.78, 5) is 13.7. The van der Waals surface area contributed by atoms with Gasteiger partial charge in [-0.3, -0.25) is 4.79 Å². The molecule has 1 aromatic rings. The Labute approximate surface area is 128 Å². The number of halogens is 1. The first kappa shape index (κ1) is 15.3. The van der Waals surface area contributed by atoms with E-state index in [1.807, 2.05) is 12.1 Å². The van der Waals surface area contributed by atoms with Crippen molar-refractivity contribution in [2.24, 2.45) is 17.4 Å². The zero-order valence-corrected chi connectivity index (χ0v) is 13.4. The predicted molar refractivity (Wildman–Crippen MR) is 85.9 cm³/mol. The first-order valence-corrected chi connectivity index (χ1v) is 7.93. The minimum absolute atomic E-state index is 0.410. The quantitative estimate of drug-likeness (QED) is 0.865. The van der Waals surface area contributed by atoms with Gasteiger partial charge in [0.2, 0.25) is 5.91 Å². The van der Waals surface area contributed by atoms with Gasteiger partial charge in [-0.1, -0.05) is 6.42 Å². The fraction of sp³-hybridized carbons (Fsp3) is 0.533. The Hall–Kier alpha value is -1.07. The van der Waals surface area contributed by atoms with Crippen LogP contribution in [0.3, 0.4) is 0 Å². The number of rotatable bonds is 5. The van der Waals surface area contributed by atoms with Crippen molar-refractivity contribution >= 4 is 27.5 Å². The molecule has 2 atom stereocenters. The third-order valence-corrected chi connectivity index (χ3v) is 4.87. The van der Waals surface area contributed by atoms with Crippen LogP contribution in [0.1, 0.15) is 36.5 Å². The number of anilines is 1. The minimum atomic E-state index is -0.410. The number of nitrogens with two attached hydrogens (primary N) is 2. The van der Waals surface area contributed by atoms with Crippen molar-refractivity contribution in [1.82, 2.24) is 0 Å². The normalized spacial score (nSPS) is 21.9. The zero-order valence-electron chi connectivity index (χ0n) is 11.8. The minimum Gasteiger partial charge on any atom is -0.368 e. The van der Waals surface area contributed by atoms with Gasteiger partial charge in [-0.25, -0.2) is 0 Å². The van der Waals surface area contributed by atoms with Crippen LogP contribution in [0.15, 0.2) is 22.7 Å². The summed E-state index contributed by atoms with van der Waals surface area (Å²) in [6.07, 6.45) is 3.63. The molecule has 4 N–H and O–H groups in total. The van der Waals surface area contributed by atoms with Crippen LogP contribution in [0.2, 0.25) is 0 Å². The Morgan fingerprint density at radius 3 is 2.75 bits per heavy atom. The van der Waals surface area contributed by atoms with Gasteiger partial charge in [0.25, 0.3) is 0 Å². The van der Waals surface area contributed by atoms with E-state index in [9.17, 15) is 4.79 Å². The van der Waals surface area contributed by atoms with Gasteiger partial charge in [-0.2, -0.15) is 0 Å². The van der Waals surface area contributed by atoms with Crippen LogP contribution in [0.25, 0.3) is 0 Å². The lowest BCUT2D eigenvalue weighted by atomic mass is 10.0. The SMILES string of the molecule is CCN(c1ccc(C(N)=O)c(Br)c1)C1CCCC1CN. The monoisotopic (exact) mass is 339 g/mol. The summed E-state index contributed by atoms with van der Waals surface area (Å²) in [5, 5.41) is 0. The van der Waals surface area contributed by atoms with Crippen LogP contribution in [0, 0.1) is 5.92 Å². The Kier molecular flexibility index (Phi) is 5.05. The molecule has 0 aromatic heterocycles. The third-order valence-electron chi connectivity index (χ3n) is 4.21. The Balaban J connectivity index is 2.28. The summed E-state index contributed by atoms with van der Waals surface area (Å²) in [7, 11) is 0. The standard InChI is InChI=1S/C15H22BrN3O/c1-2-19(14-5-3-4-10(14)9-17)11-6-7-12(15(18)20)13(16)8-11/h6-8,10,14H,2-5,9,17H2,1H3,(H2,18,20). The molecule has 2 unspecified atom stereocenters. The number of hydrogen-bond donors (Lipinski definition) is 2. The molecule has 1 aliphatic rings. The van der Waals surface area contributed by atoms with E-state index in [-0.39, 0.29) is 0 Å². The molecule has 2 rings (SSSR count). The van der Waals surface area contributed by atoms with Gasteiger partial charge in [-0.05, 0) is 66.4 Å². The second-order valence-corrected chi connectivity index (χ2v) is 6.16. The topological polar surface area (TPSA) is 72.3 Å². The van der Waals surface area contributed by atoms with E-state index in [1.54, 1.807) is 6.07 Å². The van der Waals surface area contributed by atoms with Crippen molar-refractivity contribution in [3.8, 4) is 0 Å². The zero-order chi connectivity index (χ0) is 14.7. The van der Waals surface area contributed by atoms with Gasteiger partial charge in [0.15, 0.2) is 0 Å². The smallest absolute Gasteiger partial charge is 0.249 e. The summed E-state index contributed by atoms with van der Waals surface area (Å²) >= 11 is 3.43. The van der Waals surface area contributed by atoms with Crippen LogP contribution in [0.4, 0.5) is 5.69 Å². The van der Waals surface area contributed by atoms with Crippen molar-refractivity contribution in [2.75, 3.05) is 18.0 Å². The lowest BCUT2D eigenvalue weighted by Crippen LogP contribution is -2.40. The summed E-state index contributed by atoms with van der Waals surface area (Å²) in [6, 6.07) is 6.24. The second-order valence-electron chi connectivity index (χ2n) is 5.31. The highest BCUT2D eigenvalue weighted by Gasteiger charge is 2.30. The number of carbonyl (C=O) groups excluding carboxylic acids is 1. The van der Waals surface area contributed by atoms with E-state index in [0.29, 0.717) is 17.5 Å². The van der Waals surface area contributed by atoms with Crippen molar-refractivity contribution in [3.05, 3.63) is 28.2 Å².